The molecule has 0 heterocycles. The van der Waals surface area contributed by atoms with Crippen LogP contribution in [0.25, 0.3) is 32.3 Å². The van der Waals surface area contributed by atoms with Crippen molar-refractivity contribution in [3.05, 3.63) is 59.7 Å². The largest absolute Gasteiger partial charge is 0.391 e. The van der Waals surface area contributed by atoms with Crippen LogP contribution in [0, 0.1) is 0 Å². The minimum atomic E-state index is -0.439. The van der Waals surface area contributed by atoms with Gasteiger partial charge in [-0.3, -0.25) is 0 Å². The lowest BCUT2D eigenvalue weighted by molar-refractivity contribution is 0.129. The molecule has 0 fully saturated rings. The molecule has 3 N–H and O–H groups in total. The van der Waals surface area contributed by atoms with Crippen molar-refractivity contribution in [3.63, 3.8) is 0 Å². The maximum Gasteiger partial charge on any atom is 0.0736 e. The Morgan fingerprint density at radius 2 is 1.64 bits per heavy atom. The second-order valence-corrected chi connectivity index (χ2v) is 6.44. The van der Waals surface area contributed by atoms with E-state index in [1.807, 2.05) is 0 Å². The lowest BCUT2D eigenvalue weighted by Gasteiger charge is -2.29. The summed E-state index contributed by atoms with van der Waals surface area (Å²) in [6.45, 7) is 0. The Balaban J connectivity index is 2.04. The fourth-order valence-corrected chi connectivity index (χ4v) is 4.17. The van der Waals surface area contributed by atoms with Crippen LogP contribution in [0.2, 0.25) is 0 Å². The van der Waals surface area contributed by atoms with E-state index in [4.69, 9.17) is 5.73 Å². The average Bonchev–Trinajstić information content (AvgIpc) is 2.55. The van der Waals surface area contributed by atoms with Gasteiger partial charge in [0.25, 0.3) is 0 Å². The summed E-state index contributed by atoms with van der Waals surface area (Å²) in [6.07, 6.45) is 1.22. The fraction of sp³-hybridized carbons (Fsp3) is 0.200. The highest BCUT2D eigenvalue weighted by atomic mass is 16.3. The van der Waals surface area contributed by atoms with Crippen molar-refractivity contribution in [2.45, 2.75) is 25.0 Å². The Morgan fingerprint density at radius 3 is 2.45 bits per heavy atom. The summed E-state index contributed by atoms with van der Waals surface area (Å²) in [5, 5.41) is 17.8. The Labute approximate surface area is 128 Å². The Bertz CT molecular complexity index is 1000. The van der Waals surface area contributed by atoms with Gasteiger partial charge in [0.05, 0.1) is 12.1 Å². The maximum absolute atomic E-state index is 10.2. The van der Waals surface area contributed by atoms with Gasteiger partial charge < -0.3 is 10.8 Å². The first-order valence-corrected chi connectivity index (χ1v) is 7.87. The monoisotopic (exact) mass is 287 g/mol. The van der Waals surface area contributed by atoms with Crippen LogP contribution < -0.4 is 5.73 Å². The standard InChI is InChI=1S/C20H17NO/c21-20-16(22)9-7-14-10-13-5-4-11-2-1-3-12-6-8-15(19(14)20)18(13)17(11)12/h1-6,8,10,16,20,22H,7,9,21H2/t16-,20-/m0/s1. The average molecular weight is 287 g/mol. The van der Waals surface area contributed by atoms with Crippen LogP contribution in [0.15, 0.2) is 48.5 Å². The molecular weight excluding hydrogens is 270 g/mol. The summed E-state index contributed by atoms with van der Waals surface area (Å²) in [5.74, 6) is 0. The summed E-state index contributed by atoms with van der Waals surface area (Å²) in [6, 6.07) is 17.2. The smallest absolute Gasteiger partial charge is 0.0736 e. The summed E-state index contributed by atoms with van der Waals surface area (Å²) < 4.78 is 0. The van der Waals surface area contributed by atoms with E-state index >= 15 is 0 Å². The number of fused-ring (bicyclic) bond motifs is 2. The molecule has 0 spiro atoms. The van der Waals surface area contributed by atoms with Gasteiger partial charge in [0.2, 0.25) is 0 Å². The zero-order valence-corrected chi connectivity index (χ0v) is 12.2. The summed E-state index contributed by atoms with van der Waals surface area (Å²) in [4.78, 5) is 0. The molecule has 108 valence electrons. The minimum absolute atomic E-state index is 0.284. The van der Waals surface area contributed by atoms with Crippen LogP contribution in [-0.4, -0.2) is 11.2 Å². The van der Waals surface area contributed by atoms with E-state index in [-0.39, 0.29) is 6.04 Å². The van der Waals surface area contributed by atoms with E-state index in [1.165, 1.54) is 37.9 Å². The first-order valence-electron chi connectivity index (χ1n) is 7.87. The molecule has 0 unspecified atom stereocenters. The molecule has 22 heavy (non-hydrogen) atoms. The summed E-state index contributed by atoms with van der Waals surface area (Å²) >= 11 is 0. The SMILES string of the molecule is N[C@@H]1c2c(cc3ccc4cccc5ccc2c3c45)CC[C@@H]1O. The Hall–Kier alpha value is -2.16. The van der Waals surface area contributed by atoms with Crippen LogP contribution in [0.3, 0.4) is 0 Å². The predicted octanol–water partition coefficient (Wildman–Crippen LogP) is 3.89. The van der Waals surface area contributed by atoms with Crippen molar-refractivity contribution < 1.29 is 5.11 Å². The quantitative estimate of drug-likeness (QED) is 0.482. The highest BCUT2D eigenvalue weighted by Gasteiger charge is 2.27. The van der Waals surface area contributed by atoms with Crippen LogP contribution in [0.4, 0.5) is 0 Å². The molecule has 0 radical (unpaired) electrons. The van der Waals surface area contributed by atoms with E-state index in [0.717, 1.165) is 18.4 Å². The molecule has 0 amide bonds. The van der Waals surface area contributed by atoms with Crippen molar-refractivity contribution in [1.82, 2.24) is 0 Å². The lowest BCUT2D eigenvalue weighted by atomic mass is 9.80. The van der Waals surface area contributed by atoms with Crippen molar-refractivity contribution in [3.8, 4) is 0 Å². The number of benzene rings is 4. The van der Waals surface area contributed by atoms with Crippen LogP contribution >= 0.6 is 0 Å². The third kappa shape index (κ3) is 1.46. The van der Waals surface area contributed by atoms with Gasteiger partial charge in [-0.05, 0) is 56.3 Å². The molecule has 2 nitrogen and oxygen atoms in total. The van der Waals surface area contributed by atoms with Gasteiger partial charge in [-0.25, -0.2) is 0 Å². The first-order chi connectivity index (χ1) is 10.7. The van der Waals surface area contributed by atoms with E-state index in [2.05, 4.69) is 48.5 Å². The molecule has 1 aliphatic rings. The van der Waals surface area contributed by atoms with E-state index in [1.54, 1.807) is 0 Å². The number of nitrogens with two attached hydrogens (primary N) is 1. The van der Waals surface area contributed by atoms with Crippen LogP contribution in [0.1, 0.15) is 23.6 Å². The molecule has 2 heteroatoms. The van der Waals surface area contributed by atoms with Crippen molar-refractivity contribution in [1.29, 1.82) is 0 Å². The second kappa shape index (κ2) is 4.19. The topological polar surface area (TPSA) is 46.2 Å². The normalized spacial score (nSPS) is 21.7. The molecule has 1 aliphatic carbocycles. The molecule has 0 saturated heterocycles. The number of aryl methyl sites for hydroxylation is 1. The fourth-order valence-electron chi connectivity index (χ4n) is 4.17. The minimum Gasteiger partial charge on any atom is -0.391 e. The number of hydrogen-bond donors (Lipinski definition) is 2. The molecule has 0 aliphatic heterocycles. The number of hydrogen-bond acceptors (Lipinski definition) is 2. The van der Waals surface area contributed by atoms with E-state index in [0.29, 0.717) is 0 Å². The first kappa shape index (κ1) is 12.4. The lowest BCUT2D eigenvalue weighted by Crippen LogP contribution is -2.31. The number of rotatable bonds is 0. The molecule has 0 saturated carbocycles. The van der Waals surface area contributed by atoms with E-state index in [9.17, 15) is 5.11 Å². The molecule has 0 bridgehead atoms. The van der Waals surface area contributed by atoms with Gasteiger partial charge in [0.1, 0.15) is 0 Å². The molecule has 5 rings (SSSR count). The zero-order valence-electron chi connectivity index (χ0n) is 12.2. The van der Waals surface area contributed by atoms with Gasteiger partial charge >= 0.3 is 0 Å². The molecule has 4 aromatic carbocycles. The van der Waals surface area contributed by atoms with Crippen molar-refractivity contribution in [2.24, 2.45) is 5.73 Å². The van der Waals surface area contributed by atoms with Crippen LogP contribution in [-0.2, 0) is 6.42 Å². The third-order valence-corrected chi connectivity index (χ3v) is 5.23. The maximum atomic E-state index is 10.2. The Kier molecular flexibility index (Phi) is 2.36. The highest BCUT2D eigenvalue weighted by molar-refractivity contribution is 6.23. The molecule has 0 aromatic heterocycles. The Morgan fingerprint density at radius 1 is 0.909 bits per heavy atom. The number of aliphatic hydroxyl groups excluding tert-OH is 1. The number of aliphatic hydroxyl groups is 1. The van der Waals surface area contributed by atoms with Gasteiger partial charge in [0.15, 0.2) is 0 Å². The molecule has 4 aromatic rings. The van der Waals surface area contributed by atoms with Gasteiger partial charge in [-0.1, -0.05) is 48.5 Å². The highest BCUT2D eigenvalue weighted by Crippen LogP contribution is 2.41. The summed E-state index contributed by atoms with van der Waals surface area (Å²) in [7, 11) is 0. The van der Waals surface area contributed by atoms with Gasteiger partial charge in [0, 0.05) is 0 Å². The second-order valence-electron chi connectivity index (χ2n) is 6.44. The zero-order chi connectivity index (χ0) is 14.8. The van der Waals surface area contributed by atoms with Crippen LogP contribution in [0.5, 0.6) is 0 Å². The van der Waals surface area contributed by atoms with Crippen molar-refractivity contribution in [2.75, 3.05) is 0 Å². The molecule has 2 atom stereocenters. The molecular formula is C20H17NO. The predicted molar refractivity (Wildman–Crippen MR) is 91.4 cm³/mol. The van der Waals surface area contributed by atoms with Gasteiger partial charge in [-0.15, -0.1) is 0 Å². The van der Waals surface area contributed by atoms with E-state index < -0.39 is 6.10 Å². The van der Waals surface area contributed by atoms with Crippen molar-refractivity contribution >= 4 is 32.3 Å². The summed E-state index contributed by atoms with van der Waals surface area (Å²) in [5.41, 5.74) is 8.78. The third-order valence-electron chi connectivity index (χ3n) is 5.23. The van der Waals surface area contributed by atoms with Gasteiger partial charge in [-0.2, -0.15) is 0 Å².